The lowest BCUT2D eigenvalue weighted by Crippen LogP contribution is -2.36. The van der Waals surface area contributed by atoms with Gasteiger partial charge in [0, 0.05) is 36.0 Å². The lowest BCUT2D eigenvalue weighted by molar-refractivity contribution is 0.0737. The summed E-state index contributed by atoms with van der Waals surface area (Å²) in [6.07, 6.45) is 2.34. The van der Waals surface area contributed by atoms with Gasteiger partial charge in [0.15, 0.2) is 0 Å². The summed E-state index contributed by atoms with van der Waals surface area (Å²) in [6.45, 7) is 4.32. The zero-order valence-corrected chi connectivity index (χ0v) is 14.6. The quantitative estimate of drug-likeness (QED) is 0.765. The fourth-order valence-corrected chi connectivity index (χ4v) is 3.26. The van der Waals surface area contributed by atoms with E-state index in [1.807, 2.05) is 24.0 Å². The van der Waals surface area contributed by atoms with Crippen LogP contribution in [-0.2, 0) is 11.2 Å². The highest BCUT2D eigenvalue weighted by Gasteiger charge is 2.24. The zero-order chi connectivity index (χ0) is 17.9. The number of benzene rings is 1. The van der Waals surface area contributed by atoms with Crippen LogP contribution in [0, 0.1) is 12.8 Å². The number of hydrogen-bond donors (Lipinski definition) is 1. The van der Waals surface area contributed by atoms with E-state index < -0.39 is 0 Å². The maximum absolute atomic E-state index is 13.0. The van der Waals surface area contributed by atoms with Crippen LogP contribution in [0.5, 0.6) is 0 Å². The Morgan fingerprint density at radius 3 is 3.04 bits per heavy atom. The Kier molecular flexibility index (Phi) is 4.57. The number of fused-ring (bicyclic) bond motifs is 1. The highest BCUT2D eigenvalue weighted by Crippen LogP contribution is 2.17. The number of amides is 1. The Balaban J connectivity index is 1.50. The first-order chi connectivity index (χ1) is 12.7. The molecule has 0 aliphatic carbocycles. The van der Waals surface area contributed by atoms with Crippen LogP contribution < -0.4 is 0 Å². The van der Waals surface area contributed by atoms with Gasteiger partial charge in [-0.05, 0) is 37.6 Å². The lowest BCUT2D eigenvalue weighted by Gasteiger charge is -2.23. The van der Waals surface area contributed by atoms with Gasteiger partial charge >= 0.3 is 0 Å². The molecular weight excluding hydrogens is 332 g/mol. The van der Waals surface area contributed by atoms with Crippen molar-refractivity contribution >= 4 is 16.9 Å². The van der Waals surface area contributed by atoms with E-state index in [2.05, 4.69) is 25.4 Å². The molecule has 134 valence electrons. The van der Waals surface area contributed by atoms with Crippen molar-refractivity contribution in [1.29, 1.82) is 0 Å². The Morgan fingerprint density at radius 2 is 2.15 bits per heavy atom. The van der Waals surface area contributed by atoms with Crippen molar-refractivity contribution in [2.45, 2.75) is 13.3 Å². The minimum absolute atomic E-state index is 0.00994. The molecule has 1 amide bonds. The molecule has 1 aromatic carbocycles. The number of nitrogens with one attached hydrogen (secondary N) is 1. The minimum Gasteiger partial charge on any atom is -0.379 e. The van der Waals surface area contributed by atoms with Crippen molar-refractivity contribution in [2.24, 2.45) is 5.92 Å². The second-order valence-corrected chi connectivity index (χ2v) is 6.57. The first-order valence-electron chi connectivity index (χ1n) is 8.64. The van der Waals surface area contributed by atoms with Crippen LogP contribution in [0.2, 0.25) is 0 Å². The van der Waals surface area contributed by atoms with Crippen molar-refractivity contribution in [3.63, 3.8) is 0 Å². The van der Waals surface area contributed by atoms with Crippen molar-refractivity contribution < 1.29 is 9.53 Å². The van der Waals surface area contributed by atoms with Gasteiger partial charge in [0.1, 0.15) is 17.4 Å². The molecule has 8 heteroatoms. The summed E-state index contributed by atoms with van der Waals surface area (Å²) in [5.41, 5.74) is 3.97. The van der Waals surface area contributed by atoms with Crippen LogP contribution in [0.1, 0.15) is 21.7 Å². The number of hydrogen-bond acceptors (Lipinski definition) is 6. The standard InChI is InChI=1S/C18H20N6O2/c1-12-6-15(20-11-19-12)7-13-9-24(4-5-26-10-13)18(25)14-2-3-16-17(8-14)22-23-21-16/h2-3,6,8,11,13H,4-5,7,9-10H2,1H3,(H,21,22,23)/t13-/m0/s1. The molecule has 1 aliphatic rings. The monoisotopic (exact) mass is 352 g/mol. The van der Waals surface area contributed by atoms with Crippen LogP contribution in [0.25, 0.3) is 11.0 Å². The molecule has 0 radical (unpaired) electrons. The molecule has 3 heterocycles. The average Bonchev–Trinajstić information content (AvgIpc) is 2.99. The third-order valence-electron chi connectivity index (χ3n) is 4.55. The van der Waals surface area contributed by atoms with Crippen molar-refractivity contribution in [2.75, 3.05) is 26.3 Å². The van der Waals surface area contributed by atoms with Crippen LogP contribution in [0.3, 0.4) is 0 Å². The number of H-pyrrole nitrogens is 1. The number of aryl methyl sites for hydroxylation is 1. The van der Waals surface area contributed by atoms with E-state index >= 15 is 0 Å². The number of nitrogens with zero attached hydrogens (tertiary/aromatic N) is 5. The maximum atomic E-state index is 13.0. The highest BCUT2D eigenvalue weighted by atomic mass is 16.5. The van der Waals surface area contributed by atoms with Gasteiger partial charge in [-0.3, -0.25) is 4.79 Å². The second kappa shape index (κ2) is 7.17. The molecule has 26 heavy (non-hydrogen) atoms. The first-order valence-corrected chi connectivity index (χ1v) is 8.64. The Labute approximate surface area is 150 Å². The molecule has 2 aromatic heterocycles. The SMILES string of the molecule is Cc1cc(C[C@@H]2COCCN(C(=O)c3ccc4n[nH]nc4c3)C2)ncn1. The summed E-state index contributed by atoms with van der Waals surface area (Å²) in [4.78, 5) is 23.3. The lowest BCUT2D eigenvalue weighted by atomic mass is 10.0. The van der Waals surface area contributed by atoms with Crippen LogP contribution in [-0.4, -0.2) is 62.5 Å². The molecule has 1 aliphatic heterocycles. The first kappa shape index (κ1) is 16.6. The number of aromatic nitrogens is 5. The Bertz CT molecular complexity index is 925. The van der Waals surface area contributed by atoms with Gasteiger partial charge in [-0.1, -0.05) is 0 Å². The molecule has 0 unspecified atom stereocenters. The van der Waals surface area contributed by atoms with Gasteiger partial charge in [0.05, 0.1) is 13.2 Å². The summed E-state index contributed by atoms with van der Waals surface area (Å²) >= 11 is 0. The van der Waals surface area contributed by atoms with Crippen molar-refractivity contribution in [3.05, 3.63) is 47.5 Å². The molecule has 1 N–H and O–H groups in total. The van der Waals surface area contributed by atoms with E-state index in [0.29, 0.717) is 37.4 Å². The van der Waals surface area contributed by atoms with Gasteiger partial charge < -0.3 is 9.64 Å². The molecule has 1 atom stereocenters. The number of aromatic amines is 1. The molecule has 1 fully saturated rings. The van der Waals surface area contributed by atoms with Crippen LogP contribution in [0.4, 0.5) is 0 Å². The molecule has 8 nitrogen and oxygen atoms in total. The van der Waals surface area contributed by atoms with Crippen molar-refractivity contribution in [1.82, 2.24) is 30.3 Å². The third kappa shape index (κ3) is 3.55. The van der Waals surface area contributed by atoms with Crippen molar-refractivity contribution in [3.8, 4) is 0 Å². The van der Waals surface area contributed by atoms with Gasteiger partial charge in [0.2, 0.25) is 0 Å². The number of ether oxygens (including phenoxy) is 1. The molecule has 4 rings (SSSR count). The zero-order valence-electron chi connectivity index (χ0n) is 14.6. The smallest absolute Gasteiger partial charge is 0.254 e. The predicted molar refractivity (Wildman–Crippen MR) is 94.6 cm³/mol. The maximum Gasteiger partial charge on any atom is 0.254 e. The van der Waals surface area contributed by atoms with E-state index in [1.165, 1.54) is 0 Å². The van der Waals surface area contributed by atoms with Crippen LogP contribution >= 0.6 is 0 Å². The Morgan fingerprint density at radius 1 is 1.27 bits per heavy atom. The summed E-state index contributed by atoms with van der Waals surface area (Å²) < 4.78 is 5.72. The fourth-order valence-electron chi connectivity index (χ4n) is 3.26. The minimum atomic E-state index is -0.00994. The van der Waals surface area contributed by atoms with E-state index in [1.54, 1.807) is 18.5 Å². The summed E-state index contributed by atoms with van der Waals surface area (Å²) in [6, 6.07) is 7.36. The Hall–Kier alpha value is -2.87. The van der Waals surface area contributed by atoms with E-state index in [0.717, 1.165) is 23.3 Å². The number of rotatable bonds is 3. The average molecular weight is 352 g/mol. The van der Waals surface area contributed by atoms with Gasteiger partial charge in [0.25, 0.3) is 5.91 Å². The third-order valence-corrected chi connectivity index (χ3v) is 4.55. The fraction of sp³-hybridized carbons (Fsp3) is 0.389. The van der Waals surface area contributed by atoms with E-state index in [-0.39, 0.29) is 11.8 Å². The van der Waals surface area contributed by atoms with Gasteiger partial charge in [-0.15, -0.1) is 0 Å². The van der Waals surface area contributed by atoms with E-state index in [9.17, 15) is 4.79 Å². The largest absolute Gasteiger partial charge is 0.379 e. The summed E-state index contributed by atoms with van der Waals surface area (Å²) in [5, 5.41) is 10.7. The topological polar surface area (TPSA) is 96.9 Å². The molecule has 3 aromatic rings. The summed E-state index contributed by atoms with van der Waals surface area (Å²) in [7, 11) is 0. The molecule has 0 bridgehead atoms. The van der Waals surface area contributed by atoms with Gasteiger partial charge in [-0.25, -0.2) is 9.97 Å². The predicted octanol–water partition coefficient (Wildman–Crippen LogP) is 1.39. The van der Waals surface area contributed by atoms with E-state index in [4.69, 9.17) is 4.74 Å². The second-order valence-electron chi connectivity index (χ2n) is 6.57. The van der Waals surface area contributed by atoms with Crippen LogP contribution in [0.15, 0.2) is 30.6 Å². The number of carbonyl (C=O) groups is 1. The molecule has 0 saturated carbocycles. The van der Waals surface area contributed by atoms with Gasteiger partial charge in [-0.2, -0.15) is 15.4 Å². The normalized spacial score (nSPS) is 18.0. The number of carbonyl (C=O) groups excluding carboxylic acids is 1. The molecule has 0 spiro atoms. The highest BCUT2D eigenvalue weighted by molar-refractivity contribution is 5.97. The molecular formula is C18H20N6O2. The summed E-state index contributed by atoms with van der Waals surface area (Å²) in [5.74, 6) is 0.191. The molecule has 1 saturated heterocycles.